The van der Waals surface area contributed by atoms with E-state index in [4.69, 9.17) is 4.74 Å². The number of nitrogens with one attached hydrogen (secondary N) is 1. The number of rotatable bonds is 4. The molecule has 0 saturated heterocycles. The van der Waals surface area contributed by atoms with Gasteiger partial charge in [0.1, 0.15) is 5.75 Å². The Balaban J connectivity index is 1.65. The Morgan fingerprint density at radius 3 is 2.95 bits per heavy atom. The van der Waals surface area contributed by atoms with E-state index in [0.29, 0.717) is 0 Å². The van der Waals surface area contributed by atoms with Gasteiger partial charge < -0.3 is 15.0 Å². The maximum absolute atomic E-state index is 12.4. The standard InChI is InChI=1S/C17H18N2O2/c1-21-15-7-4-6-14(11-15)18-12-17(20)19-10-9-13-5-2-3-8-16(13)19/h2-8,11,18H,9-10,12H2,1H3. The normalized spacial score (nSPS) is 12.9. The molecule has 2 aromatic rings. The van der Waals surface area contributed by atoms with Gasteiger partial charge in [-0.25, -0.2) is 0 Å². The van der Waals surface area contributed by atoms with E-state index in [1.165, 1.54) is 5.56 Å². The van der Waals surface area contributed by atoms with Gasteiger partial charge in [0.25, 0.3) is 0 Å². The summed E-state index contributed by atoms with van der Waals surface area (Å²) in [5, 5.41) is 3.16. The third kappa shape index (κ3) is 2.84. The molecule has 21 heavy (non-hydrogen) atoms. The number of amides is 1. The zero-order chi connectivity index (χ0) is 14.7. The van der Waals surface area contributed by atoms with E-state index in [2.05, 4.69) is 11.4 Å². The molecule has 0 aromatic heterocycles. The van der Waals surface area contributed by atoms with Gasteiger partial charge in [0.15, 0.2) is 0 Å². The molecule has 1 amide bonds. The zero-order valence-corrected chi connectivity index (χ0v) is 12.0. The fraction of sp³-hybridized carbons (Fsp3) is 0.235. The maximum atomic E-state index is 12.4. The summed E-state index contributed by atoms with van der Waals surface area (Å²) >= 11 is 0. The summed E-state index contributed by atoms with van der Waals surface area (Å²) in [6.45, 7) is 1.04. The molecular formula is C17H18N2O2. The molecule has 0 bridgehead atoms. The van der Waals surface area contributed by atoms with E-state index in [0.717, 1.165) is 30.1 Å². The molecule has 0 aliphatic carbocycles. The van der Waals surface area contributed by atoms with Crippen molar-refractivity contribution in [3.63, 3.8) is 0 Å². The minimum absolute atomic E-state index is 0.0859. The van der Waals surface area contributed by atoms with Crippen molar-refractivity contribution in [1.82, 2.24) is 0 Å². The van der Waals surface area contributed by atoms with E-state index in [1.807, 2.05) is 47.4 Å². The monoisotopic (exact) mass is 282 g/mol. The Kier molecular flexibility index (Phi) is 3.77. The van der Waals surface area contributed by atoms with Crippen LogP contribution in [0.15, 0.2) is 48.5 Å². The SMILES string of the molecule is COc1cccc(NCC(=O)N2CCc3ccccc32)c1. The molecule has 4 nitrogen and oxygen atoms in total. The van der Waals surface area contributed by atoms with Crippen molar-refractivity contribution in [2.24, 2.45) is 0 Å². The summed E-state index contributed by atoms with van der Waals surface area (Å²) in [5.41, 5.74) is 3.16. The van der Waals surface area contributed by atoms with Crippen molar-refractivity contribution >= 4 is 17.3 Å². The summed E-state index contributed by atoms with van der Waals surface area (Å²) in [6, 6.07) is 15.7. The molecule has 1 aliphatic heterocycles. The fourth-order valence-corrected chi connectivity index (χ4v) is 2.60. The second kappa shape index (κ2) is 5.87. The predicted molar refractivity (Wildman–Crippen MR) is 84.0 cm³/mol. The third-order valence-corrected chi connectivity index (χ3v) is 3.70. The van der Waals surface area contributed by atoms with Gasteiger partial charge in [-0.1, -0.05) is 24.3 Å². The maximum Gasteiger partial charge on any atom is 0.246 e. The lowest BCUT2D eigenvalue weighted by Crippen LogP contribution is -2.34. The van der Waals surface area contributed by atoms with Crippen LogP contribution in [0.3, 0.4) is 0 Å². The van der Waals surface area contributed by atoms with E-state index in [-0.39, 0.29) is 12.5 Å². The molecule has 0 radical (unpaired) electrons. The number of carbonyl (C=O) groups is 1. The average molecular weight is 282 g/mol. The second-order valence-electron chi connectivity index (χ2n) is 5.01. The summed E-state index contributed by atoms with van der Waals surface area (Å²) < 4.78 is 5.17. The highest BCUT2D eigenvalue weighted by molar-refractivity contribution is 5.98. The number of anilines is 2. The van der Waals surface area contributed by atoms with E-state index < -0.39 is 0 Å². The highest BCUT2D eigenvalue weighted by Gasteiger charge is 2.23. The highest BCUT2D eigenvalue weighted by Crippen LogP contribution is 2.27. The molecular weight excluding hydrogens is 264 g/mol. The van der Waals surface area contributed by atoms with Gasteiger partial charge in [0, 0.05) is 24.0 Å². The van der Waals surface area contributed by atoms with Gasteiger partial charge in [0.05, 0.1) is 13.7 Å². The molecule has 3 rings (SSSR count). The van der Waals surface area contributed by atoms with Crippen molar-refractivity contribution in [2.75, 3.05) is 30.4 Å². The number of para-hydroxylation sites is 1. The van der Waals surface area contributed by atoms with Gasteiger partial charge in [0.2, 0.25) is 5.91 Å². The molecule has 1 aliphatic rings. The van der Waals surface area contributed by atoms with Gasteiger partial charge in [-0.3, -0.25) is 4.79 Å². The molecule has 1 N–H and O–H groups in total. The fourth-order valence-electron chi connectivity index (χ4n) is 2.60. The summed E-state index contributed by atoms with van der Waals surface area (Å²) in [5.74, 6) is 0.863. The lowest BCUT2D eigenvalue weighted by atomic mass is 10.2. The number of ether oxygens (including phenoxy) is 1. The first-order valence-corrected chi connectivity index (χ1v) is 7.04. The second-order valence-corrected chi connectivity index (χ2v) is 5.01. The first-order chi connectivity index (χ1) is 10.3. The number of nitrogens with zero attached hydrogens (tertiary/aromatic N) is 1. The zero-order valence-electron chi connectivity index (χ0n) is 12.0. The van der Waals surface area contributed by atoms with Gasteiger partial charge in [-0.2, -0.15) is 0 Å². The smallest absolute Gasteiger partial charge is 0.246 e. The minimum atomic E-state index is 0.0859. The number of fused-ring (bicyclic) bond motifs is 1. The number of hydrogen-bond acceptors (Lipinski definition) is 3. The van der Waals surface area contributed by atoms with Crippen LogP contribution in [0.25, 0.3) is 0 Å². The van der Waals surface area contributed by atoms with Crippen molar-refractivity contribution < 1.29 is 9.53 Å². The van der Waals surface area contributed by atoms with Crippen LogP contribution in [0, 0.1) is 0 Å². The van der Waals surface area contributed by atoms with Gasteiger partial charge in [-0.15, -0.1) is 0 Å². The van der Waals surface area contributed by atoms with Crippen LogP contribution in [0.4, 0.5) is 11.4 Å². The van der Waals surface area contributed by atoms with Crippen LogP contribution in [0.5, 0.6) is 5.75 Å². The van der Waals surface area contributed by atoms with E-state index in [9.17, 15) is 4.79 Å². The Morgan fingerprint density at radius 1 is 1.24 bits per heavy atom. The lowest BCUT2D eigenvalue weighted by Gasteiger charge is -2.18. The van der Waals surface area contributed by atoms with Crippen LogP contribution in [-0.4, -0.2) is 26.1 Å². The Labute approximate surface area is 124 Å². The van der Waals surface area contributed by atoms with Crippen molar-refractivity contribution in [2.45, 2.75) is 6.42 Å². The number of methoxy groups -OCH3 is 1. The summed E-state index contributed by atoms with van der Waals surface area (Å²) in [6.07, 6.45) is 0.932. The van der Waals surface area contributed by atoms with Gasteiger partial charge in [-0.05, 0) is 30.2 Å². The third-order valence-electron chi connectivity index (χ3n) is 3.70. The Morgan fingerprint density at radius 2 is 2.10 bits per heavy atom. The molecule has 0 fully saturated rings. The molecule has 2 aromatic carbocycles. The summed E-state index contributed by atoms with van der Waals surface area (Å²) in [4.78, 5) is 14.2. The molecule has 108 valence electrons. The van der Waals surface area contributed by atoms with Crippen LogP contribution in [-0.2, 0) is 11.2 Å². The van der Waals surface area contributed by atoms with Crippen LogP contribution >= 0.6 is 0 Å². The topological polar surface area (TPSA) is 41.6 Å². The van der Waals surface area contributed by atoms with E-state index >= 15 is 0 Å². The van der Waals surface area contributed by atoms with E-state index in [1.54, 1.807) is 7.11 Å². The van der Waals surface area contributed by atoms with Gasteiger partial charge >= 0.3 is 0 Å². The quantitative estimate of drug-likeness (QED) is 0.937. The number of benzene rings is 2. The highest BCUT2D eigenvalue weighted by atomic mass is 16.5. The van der Waals surface area contributed by atoms with Crippen LogP contribution in [0.2, 0.25) is 0 Å². The number of hydrogen-bond donors (Lipinski definition) is 1. The molecule has 0 saturated carbocycles. The van der Waals surface area contributed by atoms with Crippen molar-refractivity contribution in [3.05, 3.63) is 54.1 Å². The molecule has 1 heterocycles. The molecule has 0 unspecified atom stereocenters. The molecule has 0 atom stereocenters. The van der Waals surface area contributed by atoms with Crippen molar-refractivity contribution in [3.8, 4) is 5.75 Å². The Bertz CT molecular complexity index is 655. The number of carbonyl (C=O) groups excluding carboxylic acids is 1. The first kappa shape index (κ1) is 13.5. The lowest BCUT2D eigenvalue weighted by molar-refractivity contribution is -0.116. The first-order valence-electron chi connectivity index (χ1n) is 7.04. The molecule has 0 spiro atoms. The van der Waals surface area contributed by atoms with Crippen LogP contribution < -0.4 is 15.0 Å². The largest absolute Gasteiger partial charge is 0.497 e. The average Bonchev–Trinajstić information content (AvgIpc) is 2.97. The van der Waals surface area contributed by atoms with Crippen LogP contribution in [0.1, 0.15) is 5.56 Å². The Hall–Kier alpha value is -2.49. The molecule has 4 heteroatoms. The van der Waals surface area contributed by atoms with Crippen molar-refractivity contribution in [1.29, 1.82) is 0 Å². The minimum Gasteiger partial charge on any atom is -0.497 e. The summed E-state index contributed by atoms with van der Waals surface area (Å²) in [7, 11) is 1.63. The predicted octanol–water partition coefficient (Wildman–Crippen LogP) is 2.70.